The van der Waals surface area contributed by atoms with E-state index in [9.17, 15) is 18.0 Å². The Labute approximate surface area is 190 Å². The molecule has 9 heteroatoms. The van der Waals surface area contributed by atoms with Crippen molar-refractivity contribution in [1.29, 1.82) is 0 Å². The summed E-state index contributed by atoms with van der Waals surface area (Å²) >= 11 is 0. The van der Waals surface area contributed by atoms with Gasteiger partial charge in [-0.2, -0.15) is 0 Å². The molecule has 174 valence electrons. The number of carbonyl (C=O) groups is 2. The van der Waals surface area contributed by atoms with Crippen LogP contribution in [0.25, 0.3) is 0 Å². The number of hydrogen-bond acceptors (Lipinski definition) is 5. The van der Waals surface area contributed by atoms with Gasteiger partial charge < -0.3 is 15.0 Å². The second kappa shape index (κ2) is 11.5. The van der Waals surface area contributed by atoms with Gasteiger partial charge in [-0.15, -0.1) is 0 Å². The number of hydrogen-bond donors (Lipinski definition) is 1. The number of benzene rings is 2. The molecule has 0 saturated heterocycles. The van der Waals surface area contributed by atoms with Gasteiger partial charge in [-0.3, -0.25) is 13.9 Å². The van der Waals surface area contributed by atoms with Crippen molar-refractivity contribution in [3.05, 3.63) is 60.2 Å². The first kappa shape index (κ1) is 25.2. The summed E-state index contributed by atoms with van der Waals surface area (Å²) in [6.45, 7) is 5.70. The SMILES string of the molecule is CCNC(=O)[C@@H](C)N(Cc1ccccc1)C(=O)CN(c1ccccc1OCC)S(C)(=O)=O. The zero-order valence-electron chi connectivity index (χ0n) is 18.9. The Bertz CT molecular complexity index is 1010. The maximum absolute atomic E-state index is 13.4. The second-order valence-corrected chi connectivity index (χ2v) is 9.15. The van der Waals surface area contributed by atoms with Crippen LogP contribution in [0.15, 0.2) is 54.6 Å². The highest BCUT2D eigenvalue weighted by Crippen LogP contribution is 2.30. The van der Waals surface area contributed by atoms with Gasteiger partial charge in [0.1, 0.15) is 18.3 Å². The highest BCUT2D eigenvalue weighted by atomic mass is 32.2. The molecule has 0 unspecified atom stereocenters. The molecule has 0 aromatic heterocycles. The van der Waals surface area contributed by atoms with E-state index in [1.54, 1.807) is 45.0 Å². The lowest BCUT2D eigenvalue weighted by Crippen LogP contribution is -2.51. The second-order valence-electron chi connectivity index (χ2n) is 7.25. The number of carbonyl (C=O) groups excluding carboxylic acids is 2. The standard InChI is InChI=1S/C23H31N3O5S/c1-5-24-23(28)18(3)25(16-19-12-8-7-9-13-19)22(27)17-26(32(4,29)30)20-14-10-11-15-21(20)31-6-2/h7-15,18H,5-6,16-17H2,1-4H3,(H,24,28)/t18-/m1/s1. The molecule has 8 nitrogen and oxygen atoms in total. The average molecular weight is 462 g/mol. The lowest BCUT2D eigenvalue weighted by Gasteiger charge is -2.31. The smallest absolute Gasteiger partial charge is 0.244 e. The molecular formula is C23H31N3O5S. The van der Waals surface area contributed by atoms with Crippen LogP contribution in [-0.4, -0.2) is 57.1 Å². The summed E-state index contributed by atoms with van der Waals surface area (Å²) in [6, 6.07) is 15.1. The molecule has 2 rings (SSSR count). The molecule has 0 aliphatic heterocycles. The van der Waals surface area contributed by atoms with Crippen LogP contribution in [0.2, 0.25) is 0 Å². The van der Waals surface area contributed by atoms with Crippen molar-refractivity contribution >= 4 is 27.5 Å². The minimum atomic E-state index is -3.81. The van der Waals surface area contributed by atoms with E-state index in [1.165, 1.54) is 4.90 Å². The van der Waals surface area contributed by atoms with Crippen LogP contribution < -0.4 is 14.4 Å². The Morgan fingerprint density at radius 1 is 1.03 bits per heavy atom. The highest BCUT2D eigenvalue weighted by Gasteiger charge is 2.30. The lowest BCUT2D eigenvalue weighted by molar-refractivity contribution is -0.139. The zero-order valence-corrected chi connectivity index (χ0v) is 19.8. The molecule has 0 radical (unpaired) electrons. The molecule has 2 amide bonds. The summed E-state index contributed by atoms with van der Waals surface area (Å²) in [4.78, 5) is 27.3. The molecule has 0 fully saturated rings. The molecular weight excluding hydrogens is 430 g/mol. The molecule has 0 aliphatic carbocycles. The van der Waals surface area contributed by atoms with Crippen LogP contribution in [-0.2, 0) is 26.2 Å². The normalized spacial score (nSPS) is 12.0. The number of ether oxygens (including phenoxy) is 1. The fourth-order valence-electron chi connectivity index (χ4n) is 3.22. The number of para-hydroxylation sites is 2. The van der Waals surface area contributed by atoms with Gasteiger partial charge >= 0.3 is 0 Å². The summed E-state index contributed by atoms with van der Waals surface area (Å²) in [7, 11) is -3.81. The minimum Gasteiger partial charge on any atom is -0.492 e. The maximum atomic E-state index is 13.4. The number of sulfonamides is 1. The molecule has 0 aliphatic rings. The molecule has 2 aromatic rings. The first-order chi connectivity index (χ1) is 15.2. The predicted octanol–water partition coefficient (Wildman–Crippen LogP) is 2.40. The van der Waals surface area contributed by atoms with Crippen LogP contribution in [0.1, 0.15) is 26.3 Å². The van der Waals surface area contributed by atoms with E-state index < -0.39 is 28.5 Å². The Kier molecular flexibility index (Phi) is 9.07. The first-order valence-electron chi connectivity index (χ1n) is 10.5. The van der Waals surface area contributed by atoms with E-state index in [0.29, 0.717) is 18.9 Å². The van der Waals surface area contributed by atoms with E-state index in [-0.39, 0.29) is 18.1 Å². The molecule has 2 aromatic carbocycles. The van der Waals surface area contributed by atoms with Crippen LogP contribution in [0.5, 0.6) is 5.75 Å². The van der Waals surface area contributed by atoms with Crippen molar-refractivity contribution in [3.8, 4) is 5.75 Å². The van der Waals surface area contributed by atoms with Crippen molar-refractivity contribution in [2.75, 3.05) is 30.3 Å². The Morgan fingerprint density at radius 3 is 2.25 bits per heavy atom. The largest absolute Gasteiger partial charge is 0.492 e. The maximum Gasteiger partial charge on any atom is 0.244 e. The van der Waals surface area contributed by atoms with Crippen LogP contribution in [0, 0.1) is 0 Å². The fourth-order valence-corrected chi connectivity index (χ4v) is 4.07. The fraction of sp³-hybridized carbons (Fsp3) is 0.391. The van der Waals surface area contributed by atoms with Gasteiger partial charge in [0.15, 0.2) is 0 Å². The quantitative estimate of drug-likeness (QED) is 0.554. The zero-order chi connectivity index (χ0) is 23.7. The number of anilines is 1. The van der Waals surface area contributed by atoms with E-state index in [0.717, 1.165) is 16.1 Å². The predicted molar refractivity (Wildman–Crippen MR) is 125 cm³/mol. The topological polar surface area (TPSA) is 96.0 Å². The van der Waals surface area contributed by atoms with E-state index in [1.807, 2.05) is 30.3 Å². The van der Waals surface area contributed by atoms with Gasteiger partial charge in [-0.25, -0.2) is 8.42 Å². The highest BCUT2D eigenvalue weighted by molar-refractivity contribution is 7.92. The number of amides is 2. The number of rotatable bonds is 11. The third kappa shape index (κ3) is 6.71. The average Bonchev–Trinajstić information content (AvgIpc) is 2.76. The first-order valence-corrected chi connectivity index (χ1v) is 12.3. The van der Waals surface area contributed by atoms with Crippen molar-refractivity contribution in [2.24, 2.45) is 0 Å². The van der Waals surface area contributed by atoms with Gasteiger partial charge in [0.25, 0.3) is 0 Å². The van der Waals surface area contributed by atoms with Crippen LogP contribution >= 0.6 is 0 Å². The molecule has 1 N–H and O–H groups in total. The van der Waals surface area contributed by atoms with Crippen LogP contribution in [0.4, 0.5) is 5.69 Å². The Morgan fingerprint density at radius 2 is 1.66 bits per heavy atom. The molecule has 32 heavy (non-hydrogen) atoms. The summed E-state index contributed by atoms with van der Waals surface area (Å²) < 4.78 is 31.9. The van der Waals surface area contributed by atoms with E-state index in [4.69, 9.17) is 4.74 Å². The number of nitrogens with zero attached hydrogens (tertiary/aromatic N) is 2. The number of likely N-dealkylation sites (N-methyl/N-ethyl adjacent to an activating group) is 1. The number of nitrogens with one attached hydrogen (secondary N) is 1. The summed E-state index contributed by atoms with van der Waals surface area (Å²) in [5.74, 6) is -0.443. The lowest BCUT2D eigenvalue weighted by atomic mass is 10.1. The van der Waals surface area contributed by atoms with Crippen LogP contribution in [0.3, 0.4) is 0 Å². The molecule has 0 spiro atoms. The van der Waals surface area contributed by atoms with Crippen molar-refractivity contribution in [3.63, 3.8) is 0 Å². The monoisotopic (exact) mass is 461 g/mol. The van der Waals surface area contributed by atoms with Crippen molar-refractivity contribution in [1.82, 2.24) is 10.2 Å². The summed E-state index contributed by atoms with van der Waals surface area (Å²) in [5, 5.41) is 2.72. The summed E-state index contributed by atoms with van der Waals surface area (Å²) in [6.07, 6.45) is 1.04. The van der Waals surface area contributed by atoms with Crippen molar-refractivity contribution in [2.45, 2.75) is 33.4 Å². The summed E-state index contributed by atoms with van der Waals surface area (Å²) in [5.41, 5.74) is 1.10. The Balaban J connectivity index is 2.40. The third-order valence-corrected chi connectivity index (χ3v) is 5.95. The molecule has 0 saturated carbocycles. The molecule has 0 heterocycles. The third-order valence-electron chi connectivity index (χ3n) is 4.83. The minimum absolute atomic E-state index is 0.169. The molecule has 0 bridgehead atoms. The van der Waals surface area contributed by atoms with E-state index in [2.05, 4.69) is 5.32 Å². The van der Waals surface area contributed by atoms with Gasteiger partial charge in [0.05, 0.1) is 18.6 Å². The van der Waals surface area contributed by atoms with E-state index >= 15 is 0 Å². The van der Waals surface area contributed by atoms with Gasteiger partial charge in [-0.1, -0.05) is 42.5 Å². The van der Waals surface area contributed by atoms with Crippen molar-refractivity contribution < 1.29 is 22.7 Å². The molecule has 1 atom stereocenters. The van der Waals surface area contributed by atoms with Gasteiger partial charge in [0.2, 0.25) is 21.8 Å². The van der Waals surface area contributed by atoms with Gasteiger partial charge in [-0.05, 0) is 38.5 Å². The van der Waals surface area contributed by atoms with Gasteiger partial charge in [0, 0.05) is 13.1 Å². The Hall–Kier alpha value is -3.07.